The van der Waals surface area contributed by atoms with Gasteiger partial charge in [-0.2, -0.15) is 0 Å². The Labute approximate surface area is 145 Å². The summed E-state index contributed by atoms with van der Waals surface area (Å²) >= 11 is 0. The molecule has 2 aromatic carbocycles. The second-order valence-electron chi connectivity index (χ2n) is 5.77. The van der Waals surface area contributed by atoms with Crippen LogP contribution in [0.5, 0.6) is 5.75 Å². The molecule has 25 heavy (non-hydrogen) atoms. The number of phenolic OH excluding ortho intramolecular Hbond substituents is 1. The van der Waals surface area contributed by atoms with Crippen LogP contribution in [0.25, 0.3) is 11.0 Å². The van der Waals surface area contributed by atoms with Crippen LogP contribution in [0.4, 0.5) is 0 Å². The van der Waals surface area contributed by atoms with Gasteiger partial charge in [0.25, 0.3) is 0 Å². The number of hydrogen-bond acceptors (Lipinski definition) is 5. The second-order valence-corrected chi connectivity index (χ2v) is 5.77. The predicted molar refractivity (Wildman–Crippen MR) is 94.9 cm³/mol. The van der Waals surface area contributed by atoms with E-state index in [4.69, 9.17) is 10.2 Å². The van der Waals surface area contributed by atoms with Crippen LogP contribution < -0.4 is 5.32 Å². The summed E-state index contributed by atoms with van der Waals surface area (Å²) < 4.78 is 0. The van der Waals surface area contributed by atoms with Crippen molar-refractivity contribution in [3.05, 3.63) is 65.5 Å². The molecule has 1 aliphatic heterocycles. The van der Waals surface area contributed by atoms with E-state index in [9.17, 15) is 4.79 Å². The van der Waals surface area contributed by atoms with Crippen molar-refractivity contribution in [2.24, 2.45) is 0 Å². The normalized spacial score (nSPS) is 13.3. The molecule has 4 rings (SSSR count). The highest BCUT2D eigenvalue weighted by Crippen LogP contribution is 2.19. The van der Waals surface area contributed by atoms with Crippen LogP contribution in [-0.4, -0.2) is 39.2 Å². The maximum Gasteiger partial charge on any atom is 0.335 e. The Morgan fingerprint density at radius 1 is 0.920 bits per heavy atom. The predicted octanol–water partition coefficient (Wildman–Crippen LogP) is 2.41. The minimum Gasteiger partial charge on any atom is -0.508 e. The lowest BCUT2D eigenvalue weighted by Gasteiger charge is -2.05. The van der Waals surface area contributed by atoms with Crippen molar-refractivity contribution in [3.8, 4) is 5.75 Å². The van der Waals surface area contributed by atoms with Gasteiger partial charge in [-0.05, 0) is 73.5 Å². The fraction of sp³-hybridized carbons (Fsp3) is 0.211. The van der Waals surface area contributed by atoms with Gasteiger partial charge >= 0.3 is 5.97 Å². The van der Waals surface area contributed by atoms with Crippen LogP contribution in [0.3, 0.4) is 0 Å². The number of carbonyl (C=O) groups is 1. The molecule has 3 N–H and O–H groups in total. The second kappa shape index (κ2) is 7.72. The molecule has 6 nitrogen and oxygen atoms in total. The fourth-order valence-corrected chi connectivity index (χ4v) is 2.74. The van der Waals surface area contributed by atoms with Crippen LogP contribution in [-0.2, 0) is 12.8 Å². The number of aromatic carboxylic acids is 1. The first-order valence-electron chi connectivity index (χ1n) is 8.09. The van der Waals surface area contributed by atoms with Crippen molar-refractivity contribution in [1.82, 2.24) is 15.3 Å². The molecule has 128 valence electrons. The Kier molecular flexibility index (Phi) is 5.20. The summed E-state index contributed by atoms with van der Waals surface area (Å²) in [6.45, 7) is 2.14. The van der Waals surface area contributed by atoms with Crippen molar-refractivity contribution in [1.29, 1.82) is 0 Å². The number of benzene rings is 2. The monoisotopic (exact) mass is 337 g/mol. The summed E-state index contributed by atoms with van der Waals surface area (Å²) in [5, 5.41) is 20.5. The first kappa shape index (κ1) is 16.9. The molecule has 1 aliphatic rings. The molecule has 0 fully saturated rings. The van der Waals surface area contributed by atoms with Gasteiger partial charge < -0.3 is 15.5 Å². The Morgan fingerprint density at radius 2 is 1.44 bits per heavy atom. The van der Waals surface area contributed by atoms with Gasteiger partial charge in [0.1, 0.15) is 5.75 Å². The number of rotatable bonds is 1. The van der Waals surface area contributed by atoms with E-state index in [0.717, 1.165) is 37.0 Å². The van der Waals surface area contributed by atoms with Crippen LogP contribution in [0, 0.1) is 0 Å². The van der Waals surface area contributed by atoms with Crippen molar-refractivity contribution in [3.63, 3.8) is 0 Å². The molecule has 0 saturated carbocycles. The van der Waals surface area contributed by atoms with Crippen LogP contribution in [0.1, 0.15) is 21.5 Å². The standard InChI is InChI=1S/C12H13N3.C7H6O3/c1-3-13-4-2-10-8-12-11(7-9(1)10)14-5-6-15-12;8-6-3-1-5(2-4-6)7(9)10/h5-8,13H,1-4H2;1-4,8H,(H,9,10). The van der Waals surface area contributed by atoms with Gasteiger partial charge in [-0.15, -0.1) is 0 Å². The third-order valence-electron chi connectivity index (χ3n) is 4.05. The highest BCUT2D eigenvalue weighted by Gasteiger charge is 2.09. The van der Waals surface area contributed by atoms with Gasteiger partial charge in [0.2, 0.25) is 0 Å². The van der Waals surface area contributed by atoms with Gasteiger partial charge in [0.15, 0.2) is 0 Å². The zero-order chi connectivity index (χ0) is 17.6. The summed E-state index contributed by atoms with van der Waals surface area (Å²) in [4.78, 5) is 18.9. The van der Waals surface area contributed by atoms with Gasteiger partial charge in [-0.25, -0.2) is 4.79 Å². The van der Waals surface area contributed by atoms with E-state index in [1.807, 2.05) is 0 Å². The van der Waals surface area contributed by atoms with E-state index >= 15 is 0 Å². The van der Waals surface area contributed by atoms with Crippen LogP contribution in [0.2, 0.25) is 0 Å². The average Bonchev–Trinajstić information content (AvgIpc) is 2.85. The van der Waals surface area contributed by atoms with E-state index in [2.05, 4.69) is 27.4 Å². The zero-order valence-corrected chi connectivity index (χ0v) is 13.6. The number of aromatic nitrogens is 2. The SMILES string of the molecule is O=C(O)c1ccc(O)cc1.c1cnc2cc3c(cc2n1)CCNCC3. The van der Waals surface area contributed by atoms with E-state index in [1.165, 1.54) is 35.4 Å². The first-order chi connectivity index (χ1) is 12.1. The maximum absolute atomic E-state index is 10.2. The first-order valence-corrected chi connectivity index (χ1v) is 8.09. The molecule has 0 amide bonds. The molecule has 0 bridgehead atoms. The molecule has 0 aliphatic carbocycles. The molecule has 0 atom stereocenters. The maximum atomic E-state index is 10.2. The topological polar surface area (TPSA) is 95.3 Å². The van der Waals surface area contributed by atoms with Crippen LogP contribution >= 0.6 is 0 Å². The summed E-state index contributed by atoms with van der Waals surface area (Å²) in [5.41, 5.74) is 5.05. The number of phenols is 1. The van der Waals surface area contributed by atoms with E-state index < -0.39 is 5.97 Å². The lowest BCUT2D eigenvalue weighted by atomic mass is 10.0. The van der Waals surface area contributed by atoms with Crippen molar-refractivity contribution in [2.75, 3.05) is 13.1 Å². The molecular formula is C19H19N3O3. The quantitative estimate of drug-likeness (QED) is 0.631. The Bertz CT molecular complexity index is 834. The number of nitrogens with zero attached hydrogens (tertiary/aromatic N) is 2. The van der Waals surface area contributed by atoms with E-state index in [1.54, 1.807) is 12.4 Å². The lowest BCUT2D eigenvalue weighted by molar-refractivity contribution is 0.0697. The highest BCUT2D eigenvalue weighted by atomic mass is 16.4. The number of hydrogen-bond donors (Lipinski definition) is 3. The smallest absolute Gasteiger partial charge is 0.335 e. The van der Waals surface area contributed by atoms with Gasteiger partial charge in [-0.3, -0.25) is 9.97 Å². The third kappa shape index (κ3) is 4.30. The Hall–Kier alpha value is -2.99. The van der Waals surface area contributed by atoms with E-state index in [0.29, 0.717) is 0 Å². The third-order valence-corrected chi connectivity index (χ3v) is 4.05. The Balaban J connectivity index is 0.000000160. The summed E-state index contributed by atoms with van der Waals surface area (Å²) in [6.07, 6.45) is 5.71. The van der Waals surface area contributed by atoms with Crippen LogP contribution in [0.15, 0.2) is 48.8 Å². The molecule has 0 spiro atoms. The number of nitrogens with one attached hydrogen (secondary N) is 1. The molecule has 1 aromatic heterocycles. The zero-order valence-electron chi connectivity index (χ0n) is 13.6. The van der Waals surface area contributed by atoms with Crippen molar-refractivity contribution < 1.29 is 15.0 Å². The van der Waals surface area contributed by atoms with Crippen molar-refractivity contribution in [2.45, 2.75) is 12.8 Å². The van der Waals surface area contributed by atoms with E-state index in [-0.39, 0.29) is 11.3 Å². The summed E-state index contributed by atoms with van der Waals surface area (Å²) in [6, 6.07) is 9.73. The number of aromatic hydroxyl groups is 1. The number of carboxylic acids is 1. The largest absolute Gasteiger partial charge is 0.508 e. The molecule has 2 heterocycles. The van der Waals surface area contributed by atoms with Crippen molar-refractivity contribution >= 4 is 17.0 Å². The summed E-state index contributed by atoms with van der Waals surface area (Å²) in [5.74, 6) is -0.912. The minimum absolute atomic E-state index is 0.0741. The molecule has 6 heteroatoms. The fourth-order valence-electron chi connectivity index (χ4n) is 2.74. The molecule has 0 radical (unpaired) electrons. The van der Waals surface area contributed by atoms with Gasteiger partial charge in [-0.1, -0.05) is 0 Å². The number of fused-ring (bicyclic) bond motifs is 2. The average molecular weight is 337 g/mol. The van der Waals surface area contributed by atoms with Gasteiger partial charge in [0, 0.05) is 12.4 Å². The number of carboxylic acid groups (broad SMARTS) is 1. The van der Waals surface area contributed by atoms with Gasteiger partial charge in [0.05, 0.1) is 16.6 Å². The lowest BCUT2D eigenvalue weighted by Crippen LogP contribution is -2.16. The molecule has 0 unspecified atom stereocenters. The highest BCUT2D eigenvalue weighted by molar-refractivity contribution is 5.87. The molecule has 0 saturated heterocycles. The summed E-state index contributed by atoms with van der Waals surface area (Å²) in [7, 11) is 0. The Morgan fingerprint density at radius 3 is 1.92 bits per heavy atom. The molecular weight excluding hydrogens is 318 g/mol. The molecule has 3 aromatic rings. The minimum atomic E-state index is -0.986.